The van der Waals surface area contributed by atoms with Gasteiger partial charge in [0.05, 0.1) is 6.04 Å². The molecule has 1 aliphatic rings. The van der Waals surface area contributed by atoms with Crippen LogP contribution in [0.2, 0.25) is 0 Å². The molecule has 1 aliphatic heterocycles. The lowest BCUT2D eigenvalue weighted by Gasteiger charge is -2.22. The Morgan fingerprint density at radius 2 is 2.21 bits per heavy atom. The first kappa shape index (κ1) is 16.4. The Morgan fingerprint density at radius 1 is 1.38 bits per heavy atom. The molecule has 0 unspecified atom stereocenters. The van der Waals surface area contributed by atoms with Crippen LogP contribution < -0.4 is 10.2 Å². The van der Waals surface area contributed by atoms with Gasteiger partial charge in [-0.15, -0.1) is 0 Å². The summed E-state index contributed by atoms with van der Waals surface area (Å²) in [6.07, 6.45) is 5.19. The largest absolute Gasteiger partial charge is 0.354 e. The zero-order valence-corrected chi connectivity index (χ0v) is 14.4. The van der Waals surface area contributed by atoms with Gasteiger partial charge in [0.1, 0.15) is 17.8 Å². The van der Waals surface area contributed by atoms with Gasteiger partial charge in [0.15, 0.2) is 0 Å². The molecule has 2 aromatic heterocycles. The molecule has 1 amide bonds. The minimum absolute atomic E-state index is 0.0270. The van der Waals surface area contributed by atoms with E-state index in [-0.39, 0.29) is 11.9 Å². The summed E-state index contributed by atoms with van der Waals surface area (Å²) in [6.45, 7) is 2.54. The molecule has 0 saturated carbocycles. The fourth-order valence-electron chi connectivity index (χ4n) is 3.29. The monoisotopic (exact) mass is 328 g/mol. The lowest BCUT2D eigenvalue weighted by atomic mass is 10.0. The fraction of sp³-hybridized carbons (Fsp3) is 0.471. The molecule has 0 bridgehead atoms. The van der Waals surface area contributed by atoms with Crippen LogP contribution in [-0.2, 0) is 7.05 Å². The Bertz CT molecular complexity index is 683. The summed E-state index contributed by atoms with van der Waals surface area (Å²) < 4.78 is 1.84. The van der Waals surface area contributed by atoms with Gasteiger partial charge in [0, 0.05) is 45.0 Å². The quantitative estimate of drug-likeness (QED) is 0.871. The van der Waals surface area contributed by atoms with Crippen LogP contribution in [0.3, 0.4) is 0 Å². The standard InChI is InChI=1S/C17H24N6O/c1-21(2)9-13-10-23(16-6-7-18-12-19-16)11-14(13)20-17(24)15-5-4-8-22(15)3/h4-8,12-14H,9-11H2,1-3H3,(H,20,24)/t13-,14-/m1/s1. The highest BCUT2D eigenvalue weighted by atomic mass is 16.2. The van der Waals surface area contributed by atoms with Crippen LogP contribution >= 0.6 is 0 Å². The number of nitrogens with zero attached hydrogens (tertiary/aromatic N) is 5. The van der Waals surface area contributed by atoms with E-state index in [0.29, 0.717) is 11.6 Å². The van der Waals surface area contributed by atoms with Gasteiger partial charge in [-0.1, -0.05) is 0 Å². The van der Waals surface area contributed by atoms with E-state index in [9.17, 15) is 4.79 Å². The van der Waals surface area contributed by atoms with Gasteiger partial charge in [0.25, 0.3) is 5.91 Å². The molecule has 2 atom stereocenters. The van der Waals surface area contributed by atoms with Gasteiger partial charge in [-0.25, -0.2) is 9.97 Å². The molecule has 0 spiro atoms. The van der Waals surface area contributed by atoms with Crippen molar-refractivity contribution in [3.05, 3.63) is 42.6 Å². The maximum Gasteiger partial charge on any atom is 0.268 e. The first-order valence-electron chi connectivity index (χ1n) is 8.12. The predicted molar refractivity (Wildman–Crippen MR) is 93.0 cm³/mol. The molecule has 1 N–H and O–H groups in total. The third-order valence-electron chi connectivity index (χ3n) is 4.42. The van der Waals surface area contributed by atoms with Crippen molar-refractivity contribution < 1.29 is 4.79 Å². The lowest BCUT2D eigenvalue weighted by Crippen LogP contribution is -2.43. The molecule has 3 heterocycles. The first-order valence-corrected chi connectivity index (χ1v) is 8.12. The van der Waals surface area contributed by atoms with Crippen LogP contribution in [0.25, 0.3) is 0 Å². The van der Waals surface area contributed by atoms with Crippen LogP contribution in [0.5, 0.6) is 0 Å². The number of nitrogens with one attached hydrogen (secondary N) is 1. The van der Waals surface area contributed by atoms with Crippen LogP contribution in [0.4, 0.5) is 5.82 Å². The van der Waals surface area contributed by atoms with Crippen molar-refractivity contribution in [3.8, 4) is 0 Å². The highest BCUT2D eigenvalue weighted by Crippen LogP contribution is 2.23. The van der Waals surface area contributed by atoms with Crippen molar-refractivity contribution in [1.29, 1.82) is 0 Å². The predicted octanol–water partition coefficient (Wildman–Crippen LogP) is 0.612. The molecule has 0 radical (unpaired) electrons. The van der Waals surface area contributed by atoms with E-state index < -0.39 is 0 Å². The second kappa shape index (κ2) is 7.00. The maximum absolute atomic E-state index is 12.6. The van der Waals surface area contributed by atoms with Gasteiger partial charge >= 0.3 is 0 Å². The summed E-state index contributed by atoms with van der Waals surface area (Å²) in [5, 5.41) is 3.21. The molecule has 7 heteroatoms. The Balaban J connectivity index is 1.74. The molecule has 2 aromatic rings. The van der Waals surface area contributed by atoms with Crippen LogP contribution in [0.15, 0.2) is 36.9 Å². The van der Waals surface area contributed by atoms with Gasteiger partial charge in [0.2, 0.25) is 0 Å². The van der Waals surface area contributed by atoms with E-state index >= 15 is 0 Å². The minimum atomic E-state index is -0.0270. The average molecular weight is 328 g/mol. The molecule has 1 saturated heterocycles. The Hall–Kier alpha value is -2.41. The van der Waals surface area contributed by atoms with Crippen LogP contribution in [-0.4, -0.2) is 65.1 Å². The number of aryl methyl sites for hydroxylation is 1. The topological polar surface area (TPSA) is 66.3 Å². The van der Waals surface area contributed by atoms with Crippen molar-refractivity contribution in [2.75, 3.05) is 38.6 Å². The maximum atomic E-state index is 12.6. The van der Waals surface area contributed by atoms with Crippen molar-refractivity contribution in [1.82, 2.24) is 24.8 Å². The summed E-state index contributed by atoms with van der Waals surface area (Å²) in [6, 6.07) is 5.72. The summed E-state index contributed by atoms with van der Waals surface area (Å²) in [5.41, 5.74) is 0.680. The third-order valence-corrected chi connectivity index (χ3v) is 4.42. The summed E-state index contributed by atoms with van der Waals surface area (Å²) in [4.78, 5) is 25.3. The number of hydrogen-bond acceptors (Lipinski definition) is 5. The number of rotatable bonds is 5. The van der Waals surface area contributed by atoms with Gasteiger partial charge < -0.3 is 19.7 Å². The summed E-state index contributed by atoms with van der Waals surface area (Å²) in [7, 11) is 6.00. The molecule has 3 rings (SSSR count). The van der Waals surface area contributed by atoms with E-state index in [0.717, 1.165) is 25.5 Å². The molecule has 0 aromatic carbocycles. The van der Waals surface area contributed by atoms with Gasteiger partial charge in [-0.05, 0) is 32.3 Å². The third kappa shape index (κ3) is 3.56. The normalized spacial score (nSPS) is 20.6. The zero-order chi connectivity index (χ0) is 17.1. The number of carbonyl (C=O) groups is 1. The van der Waals surface area contributed by atoms with E-state index in [1.807, 2.05) is 36.0 Å². The highest BCUT2D eigenvalue weighted by molar-refractivity contribution is 5.93. The Morgan fingerprint density at radius 3 is 2.83 bits per heavy atom. The van der Waals surface area contributed by atoms with Gasteiger partial charge in [-0.2, -0.15) is 0 Å². The SMILES string of the molecule is CN(C)C[C@@H]1CN(c2ccncn2)C[C@H]1NC(=O)c1cccn1C. The van der Waals surface area contributed by atoms with E-state index in [1.54, 1.807) is 12.5 Å². The summed E-state index contributed by atoms with van der Waals surface area (Å²) >= 11 is 0. The second-order valence-corrected chi connectivity index (χ2v) is 6.58. The van der Waals surface area contributed by atoms with Crippen LogP contribution in [0, 0.1) is 5.92 Å². The van der Waals surface area contributed by atoms with E-state index in [1.165, 1.54) is 0 Å². The number of aromatic nitrogens is 3. The highest BCUT2D eigenvalue weighted by Gasteiger charge is 2.35. The van der Waals surface area contributed by atoms with Crippen molar-refractivity contribution in [2.45, 2.75) is 6.04 Å². The molecule has 7 nitrogen and oxygen atoms in total. The molecule has 1 fully saturated rings. The molecule has 0 aliphatic carbocycles. The average Bonchev–Trinajstić information content (AvgIpc) is 3.14. The zero-order valence-electron chi connectivity index (χ0n) is 14.4. The fourth-order valence-corrected chi connectivity index (χ4v) is 3.29. The smallest absolute Gasteiger partial charge is 0.268 e. The van der Waals surface area contributed by atoms with Gasteiger partial charge in [-0.3, -0.25) is 4.79 Å². The lowest BCUT2D eigenvalue weighted by molar-refractivity contribution is 0.0919. The Labute approximate surface area is 142 Å². The Kier molecular flexibility index (Phi) is 4.80. The van der Waals surface area contributed by atoms with Crippen molar-refractivity contribution in [2.24, 2.45) is 13.0 Å². The molecule has 24 heavy (non-hydrogen) atoms. The van der Waals surface area contributed by atoms with E-state index in [4.69, 9.17) is 0 Å². The number of amides is 1. The summed E-state index contributed by atoms with van der Waals surface area (Å²) in [5.74, 6) is 1.23. The van der Waals surface area contributed by atoms with Crippen molar-refractivity contribution >= 4 is 11.7 Å². The molecular formula is C17H24N6O. The van der Waals surface area contributed by atoms with Crippen molar-refractivity contribution in [3.63, 3.8) is 0 Å². The van der Waals surface area contributed by atoms with E-state index in [2.05, 4.69) is 39.2 Å². The molecule has 128 valence electrons. The number of carbonyl (C=O) groups excluding carboxylic acids is 1. The molecular weight excluding hydrogens is 304 g/mol. The number of anilines is 1. The first-order chi connectivity index (χ1) is 11.5. The minimum Gasteiger partial charge on any atom is -0.354 e. The van der Waals surface area contributed by atoms with Crippen LogP contribution in [0.1, 0.15) is 10.5 Å². The number of hydrogen-bond donors (Lipinski definition) is 1. The second-order valence-electron chi connectivity index (χ2n) is 6.58.